The average Bonchev–Trinajstić information content (AvgIpc) is 3.20. The molecule has 0 bridgehead atoms. The fourth-order valence-electron chi connectivity index (χ4n) is 8.02. The third-order valence-electron chi connectivity index (χ3n) is 10.4. The molecule has 0 saturated heterocycles. The Bertz CT molecular complexity index is 2920. The number of benzene rings is 10. The molecule has 10 aromatic rings. The third-order valence-corrected chi connectivity index (χ3v) is 11.6. The van der Waals surface area contributed by atoms with Crippen LogP contribution < -0.4 is 10.4 Å². The van der Waals surface area contributed by atoms with Gasteiger partial charge in [-0.1, -0.05) is 192 Å². The monoisotopic (exact) mass is 660 g/mol. The lowest BCUT2D eigenvalue weighted by Gasteiger charge is -2.19. The van der Waals surface area contributed by atoms with Crippen molar-refractivity contribution in [3.05, 3.63) is 194 Å². The van der Waals surface area contributed by atoms with E-state index in [1.807, 2.05) is 0 Å². The molecule has 0 fully saturated rings. The van der Waals surface area contributed by atoms with Gasteiger partial charge in [-0.3, -0.25) is 0 Å². The molecule has 10 rings (SSSR count). The Balaban J connectivity index is 1.20. The standard InChI is InChI=1S/C50H32Si/c1-2-15-39(16-3-1)51-40-28-29-46-48(32-40)50(38-27-22-33-12-4-5-13-36(33)30-38)45-21-11-10-20-44(45)49(46)35-25-23-34(24-26-35)47-31-37-14-6-7-17-41(37)42-18-8-9-19-43(42)47/h1-32H. The van der Waals surface area contributed by atoms with Gasteiger partial charge in [0.25, 0.3) is 0 Å². The Morgan fingerprint density at radius 1 is 0.255 bits per heavy atom. The Hall–Kier alpha value is -6.28. The number of hydrogen-bond acceptors (Lipinski definition) is 0. The normalized spacial score (nSPS) is 11.6. The second-order valence-corrected chi connectivity index (χ2v) is 14.8. The van der Waals surface area contributed by atoms with Crippen molar-refractivity contribution in [2.75, 3.05) is 0 Å². The van der Waals surface area contributed by atoms with Crippen LogP contribution in [0.3, 0.4) is 0 Å². The van der Waals surface area contributed by atoms with E-state index in [2.05, 4.69) is 194 Å². The third kappa shape index (κ3) is 5.14. The van der Waals surface area contributed by atoms with Crippen molar-refractivity contribution < 1.29 is 0 Å². The summed E-state index contributed by atoms with van der Waals surface area (Å²) in [5.74, 6) is 0. The highest BCUT2D eigenvalue weighted by Crippen LogP contribution is 2.44. The van der Waals surface area contributed by atoms with E-state index in [9.17, 15) is 0 Å². The minimum absolute atomic E-state index is 0.585. The lowest BCUT2D eigenvalue weighted by Crippen LogP contribution is -2.26. The van der Waals surface area contributed by atoms with Crippen molar-refractivity contribution in [3.8, 4) is 33.4 Å². The molecule has 0 aliphatic carbocycles. The van der Waals surface area contributed by atoms with Crippen molar-refractivity contribution in [1.82, 2.24) is 0 Å². The molecule has 51 heavy (non-hydrogen) atoms. The van der Waals surface area contributed by atoms with E-state index in [4.69, 9.17) is 0 Å². The minimum atomic E-state index is 0.585. The summed E-state index contributed by atoms with van der Waals surface area (Å²) in [6, 6.07) is 71.8. The van der Waals surface area contributed by atoms with E-state index in [1.54, 1.807) is 0 Å². The van der Waals surface area contributed by atoms with Crippen LogP contribution in [0.1, 0.15) is 0 Å². The van der Waals surface area contributed by atoms with Gasteiger partial charge in [0.15, 0.2) is 0 Å². The molecule has 0 amide bonds. The van der Waals surface area contributed by atoms with Crippen LogP contribution in [0.15, 0.2) is 194 Å². The summed E-state index contributed by atoms with van der Waals surface area (Å²) in [5.41, 5.74) is 7.56. The van der Waals surface area contributed by atoms with Crippen LogP contribution in [0.5, 0.6) is 0 Å². The molecule has 0 aliphatic heterocycles. The largest absolute Gasteiger partial charge is 0.121 e. The number of rotatable bonds is 5. The Morgan fingerprint density at radius 3 is 1.57 bits per heavy atom. The highest BCUT2D eigenvalue weighted by Gasteiger charge is 2.18. The van der Waals surface area contributed by atoms with Crippen LogP contribution >= 0.6 is 0 Å². The van der Waals surface area contributed by atoms with Gasteiger partial charge < -0.3 is 0 Å². The summed E-state index contributed by atoms with van der Waals surface area (Å²) in [4.78, 5) is 0. The molecule has 0 N–H and O–H groups in total. The quantitative estimate of drug-likeness (QED) is 0.0979. The van der Waals surface area contributed by atoms with Crippen molar-refractivity contribution in [1.29, 1.82) is 0 Å². The first-order valence-electron chi connectivity index (χ1n) is 17.6. The summed E-state index contributed by atoms with van der Waals surface area (Å²) in [7, 11) is 0.585. The van der Waals surface area contributed by atoms with E-state index in [0.717, 1.165) is 0 Å². The van der Waals surface area contributed by atoms with Gasteiger partial charge in [0.1, 0.15) is 9.52 Å². The van der Waals surface area contributed by atoms with E-state index >= 15 is 0 Å². The zero-order valence-electron chi connectivity index (χ0n) is 28.0. The predicted octanol–water partition coefficient (Wildman–Crippen LogP) is 12.1. The Kier molecular flexibility index (Phi) is 7.11. The Morgan fingerprint density at radius 2 is 0.804 bits per heavy atom. The summed E-state index contributed by atoms with van der Waals surface area (Å²) in [6.07, 6.45) is 0. The van der Waals surface area contributed by atoms with Crippen molar-refractivity contribution >= 4 is 73.8 Å². The van der Waals surface area contributed by atoms with Gasteiger partial charge in [-0.05, 0) is 99.4 Å². The molecule has 0 nitrogen and oxygen atoms in total. The molecule has 0 aliphatic rings. The maximum absolute atomic E-state index is 2.46. The average molecular weight is 661 g/mol. The first-order valence-corrected chi connectivity index (χ1v) is 18.6. The molecule has 10 aromatic carbocycles. The van der Waals surface area contributed by atoms with E-state index < -0.39 is 0 Å². The Labute approximate surface area is 300 Å². The van der Waals surface area contributed by atoms with E-state index in [-0.39, 0.29) is 0 Å². The zero-order chi connectivity index (χ0) is 33.7. The van der Waals surface area contributed by atoms with Gasteiger partial charge >= 0.3 is 0 Å². The minimum Gasteiger partial charge on any atom is -0.0631 e. The SMILES string of the molecule is c1ccc([Si]c2ccc3c(-c4ccc(-c5cc6ccccc6c6ccccc56)cc4)c4ccccc4c(-c4ccc5ccccc5c4)c3c2)cc1. The van der Waals surface area contributed by atoms with Crippen molar-refractivity contribution in [3.63, 3.8) is 0 Å². The van der Waals surface area contributed by atoms with Crippen LogP contribution in [0.25, 0.3) is 87.2 Å². The maximum Gasteiger partial charge on any atom is 0.121 e. The highest BCUT2D eigenvalue weighted by atomic mass is 28.2. The smallest absolute Gasteiger partial charge is 0.0631 e. The lowest BCUT2D eigenvalue weighted by molar-refractivity contribution is 1.64. The summed E-state index contributed by atoms with van der Waals surface area (Å²) in [5, 5.41) is 15.5. The van der Waals surface area contributed by atoms with Gasteiger partial charge in [-0.15, -0.1) is 0 Å². The fraction of sp³-hybridized carbons (Fsp3) is 0. The molecule has 0 aromatic heterocycles. The molecule has 0 atom stereocenters. The summed E-state index contributed by atoms with van der Waals surface area (Å²) < 4.78 is 0. The highest BCUT2D eigenvalue weighted by molar-refractivity contribution is 6.67. The topological polar surface area (TPSA) is 0 Å². The number of hydrogen-bond donors (Lipinski definition) is 0. The molecule has 0 saturated carbocycles. The zero-order valence-corrected chi connectivity index (χ0v) is 29.0. The molecule has 0 unspecified atom stereocenters. The van der Waals surface area contributed by atoms with Crippen molar-refractivity contribution in [2.24, 2.45) is 0 Å². The predicted molar refractivity (Wildman–Crippen MR) is 222 cm³/mol. The van der Waals surface area contributed by atoms with Crippen LogP contribution in [0.4, 0.5) is 0 Å². The first kappa shape index (κ1) is 29.6. The molecule has 236 valence electrons. The lowest BCUT2D eigenvalue weighted by atomic mass is 9.85. The summed E-state index contributed by atoms with van der Waals surface area (Å²) in [6.45, 7) is 0. The van der Waals surface area contributed by atoms with Gasteiger partial charge in [0, 0.05) is 0 Å². The summed E-state index contributed by atoms with van der Waals surface area (Å²) >= 11 is 0. The van der Waals surface area contributed by atoms with E-state index in [1.165, 1.54) is 97.6 Å². The second kappa shape index (κ2) is 12.2. The first-order chi connectivity index (χ1) is 25.3. The molecular formula is C50H32Si. The van der Waals surface area contributed by atoms with Crippen LogP contribution in [-0.2, 0) is 0 Å². The van der Waals surface area contributed by atoms with Crippen LogP contribution in [0, 0.1) is 0 Å². The van der Waals surface area contributed by atoms with Gasteiger partial charge in [0.05, 0.1) is 0 Å². The van der Waals surface area contributed by atoms with Crippen LogP contribution in [-0.4, -0.2) is 9.52 Å². The number of fused-ring (bicyclic) bond motifs is 6. The van der Waals surface area contributed by atoms with Gasteiger partial charge in [-0.25, -0.2) is 0 Å². The second-order valence-electron chi connectivity index (χ2n) is 13.4. The molecule has 0 heterocycles. The van der Waals surface area contributed by atoms with Crippen LogP contribution in [0.2, 0.25) is 0 Å². The van der Waals surface area contributed by atoms with E-state index in [0.29, 0.717) is 9.52 Å². The maximum atomic E-state index is 2.46. The van der Waals surface area contributed by atoms with Gasteiger partial charge in [0.2, 0.25) is 0 Å². The molecule has 0 spiro atoms. The van der Waals surface area contributed by atoms with Gasteiger partial charge in [-0.2, -0.15) is 0 Å². The fourth-order valence-corrected chi connectivity index (χ4v) is 9.10. The molecular weight excluding hydrogens is 629 g/mol. The molecule has 2 radical (unpaired) electrons. The molecule has 1 heteroatoms. The van der Waals surface area contributed by atoms with Crippen molar-refractivity contribution in [2.45, 2.75) is 0 Å².